The average molecular weight is 328 g/mol. The third-order valence-corrected chi connectivity index (χ3v) is 4.03. The number of amidine groups is 1. The third kappa shape index (κ3) is 4.01. The minimum Gasteiger partial charge on any atom is -0.389 e. The van der Waals surface area contributed by atoms with Crippen molar-refractivity contribution in [3.05, 3.63) is 59.5 Å². The predicted molar refractivity (Wildman–Crippen MR) is 92.2 cm³/mol. The molecule has 0 aliphatic carbocycles. The van der Waals surface area contributed by atoms with E-state index in [1.165, 1.54) is 18.6 Å². The average Bonchev–Trinajstić information content (AvgIpc) is 2.64. The van der Waals surface area contributed by atoms with E-state index in [2.05, 4.69) is 15.0 Å². The molecule has 0 amide bonds. The first kappa shape index (κ1) is 16.2. The lowest BCUT2D eigenvalue weighted by Crippen LogP contribution is -2.32. The van der Waals surface area contributed by atoms with Gasteiger partial charge in [0.2, 0.25) is 0 Å². The minimum absolute atomic E-state index is 0.236. The maximum atomic E-state index is 12.9. The first-order valence-corrected chi connectivity index (χ1v) is 8.14. The van der Waals surface area contributed by atoms with Gasteiger partial charge in [-0.2, -0.15) is 0 Å². The molecule has 1 aliphatic rings. The fourth-order valence-electron chi connectivity index (χ4n) is 2.76. The first-order chi connectivity index (χ1) is 11.7. The van der Waals surface area contributed by atoms with Crippen molar-refractivity contribution in [2.75, 3.05) is 18.0 Å². The van der Waals surface area contributed by atoms with Crippen LogP contribution in [0.15, 0.2) is 47.8 Å². The Hall–Kier alpha value is -2.63. The molecular weight excluding hydrogens is 307 g/mol. The van der Waals surface area contributed by atoms with Crippen LogP contribution < -0.4 is 10.6 Å². The maximum Gasteiger partial charge on any atom is 0.174 e. The number of nitrogens with two attached hydrogens (primary N) is 1. The van der Waals surface area contributed by atoms with Crippen molar-refractivity contribution in [2.45, 2.75) is 25.9 Å². The van der Waals surface area contributed by atoms with Gasteiger partial charge in [-0.25, -0.2) is 9.37 Å². The fourth-order valence-corrected chi connectivity index (χ4v) is 2.76. The molecule has 1 fully saturated rings. The zero-order chi connectivity index (χ0) is 16.8. The van der Waals surface area contributed by atoms with Crippen LogP contribution in [0.4, 0.5) is 10.2 Å². The molecule has 1 aliphatic heterocycles. The van der Waals surface area contributed by atoms with Gasteiger partial charge in [0.1, 0.15) is 18.2 Å². The Morgan fingerprint density at radius 2 is 1.92 bits per heavy atom. The van der Waals surface area contributed by atoms with E-state index in [4.69, 9.17) is 10.6 Å². The molecule has 24 heavy (non-hydrogen) atoms. The number of halogens is 1. The third-order valence-electron chi connectivity index (χ3n) is 4.03. The number of benzene rings is 1. The van der Waals surface area contributed by atoms with Crippen molar-refractivity contribution in [3.63, 3.8) is 0 Å². The topological polar surface area (TPSA) is 63.7 Å². The summed E-state index contributed by atoms with van der Waals surface area (Å²) in [4.78, 5) is 12.0. The lowest BCUT2D eigenvalue weighted by Gasteiger charge is -2.29. The molecule has 1 aromatic carbocycles. The molecule has 0 unspecified atom stereocenters. The number of anilines is 1. The molecule has 6 heteroatoms. The summed E-state index contributed by atoms with van der Waals surface area (Å²) < 4.78 is 12.9. The van der Waals surface area contributed by atoms with Crippen molar-refractivity contribution in [3.8, 4) is 0 Å². The van der Waals surface area contributed by atoms with Crippen LogP contribution in [-0.4, -0.2) is 23.9 Å². The number of oxime groups is 1. The fraction of sp³-hybridized carbons (Fsp3) is 0.333. The van der Waals surface area contributed by atoms with Crippen LogP contribution in [0.5, 0.6) is 0 Å². The van der Waals surface area contributed by atoms with Gasteiger partial charge in [-0.05, 0) is 49.1 Å². The Balaban J connectivity index is 1.69. The van der Waals surface area contributed by atoms with E-state index in [-0.39, 0.29) is 12.4 Å². The van der Waals surface area contributed by atoms with Gasteiger partial charge < -0.3 is 15.5 Å². The smallest absolute Gasteiger partial charge is 0.174 e. The highest BCUT2D eigenvalue weighted by molar-refractivity contribution is 6.01. The molecule has 0 bridgehead atoms. The number of hydrogen-bond donors (Lipinski definition) is 1. The van der Waals surface area contributed by atoms with Gasteiger partial charge in [0.05, 0.1) is 5.56 Å². The highest BCUT2D eigenvalue weighted by Gasteiger charge is 2.17. The lowest BCUT2D eigenvalue weighted by atomic mass is 10.1. The zero-order valence-electron chi connectivity index (χ0n) is 13.5. The SMILES string of the molecule is NC(=NOCc1ccc(F)cc1)c1cccnc1N1CCCCC1. The van der Waals surface area contributed by atoms with Crippen LogP contribution in [0, 0.1) is 5.82 Å². The van der Waals surface area contributed by atoms with E-state index < -0.39 is 0 Å². The summed E-state index contributed by atoms with van der Waals surface area (Å²) in [6.07, 6.45) is 5.34. The van der Waals surface area contributed by atoms with Crippen molar-refractivity contribution >= 4 is 11.7 Å². The molecule has 0 radical (unpaired) electrons. The van der Waals surface area contributed by atoms with Crippen LogP contribution in [0.2, 0.25) is 0 Å². The summed E-state index contributed by atoms with van der Waals surface area (Å²) in [5, 5.41) is 4.00. The predicted octanol–water partition coefficient (Wildman–Crippen LogP) is 3.05. The van der Waals surface area contributed by atoms with Gasteiger partial charge in [-0.3, -0.25) is 0 Å². The second kappa shape index (κ2) is 7.77. The van der Waals surface area contributed by atoms with E-state index in [0.29, 0.717) is 5.84 Å². The largest absolute Gasteiger partial charge is 0.389 e. The molecular formula is C18H21FN4O. The Morgan fingerprint density at radius 1 is 1.17 bits per heavy atom. The van der Waals surface area contributed by atoms with Crippen LogP contribution in [0.3, 0.4) is 0 Å². The molecule has 2 N–H and O–H groups in total. The number of hydrogen-bond acceptors (Lipinski definition) is 4. The highest BCUT2D eigenvalue weighted by atomic mass is 19.1. The maximum absolute atomic E-state index is 12.9. The Kier molecular flexibility index (Phi) is 5.25. The Bertz CT molecular complexity index is 696. The van der Waals surface area contributed by atoms with Crippen LogP contribution in [-0.2, 0) is 11.4 Å². The number of piperidine rings is 1. The molecule has 2 aromatic rings. The second-order valence-electron chi connectivity index (χ2n) is 5.80. The number of rotatable bonds is 5. The molecule has 0 atom stereocenters. The van der Waals surface area contributed by atoms with Crippen LogP contribution >= 0.6 is 0 Å². The number of nitrogens with zero attached hydrogens (tertiary/aromatic N) is 3. The summed E-state index contributed by atoms with van der Waals surface area (Å²) in [5.74, 6) is 0.873. The zero-order valence-corrected chi connectivity index (χ0v) is 13.5. The van der Waals surface area contributed by atoms with E-state index in [9.17, 15) is 4.39 Å². The standard InChI is InChI=1S/C18H21FN4O/c19-15-8-6-14(7-9-15)13-24-22-17(20)16-5-4-10-21-18(16)23-11-2-1-3-12-23/h4-10H,1-3,11-13H2,(H2,20,22). The minimum atomic E-state index is -0.275. The Morgan fingerprint density at radius 3 is 2.67 bits per heavy atom. The van der Waals surface area contributed by atoms with Gasteiger partial charge in [0, 0.05) is 19.3 Å². The lowest BCUT2D eigenvalue weighted by molar-refractivity contribution is 0.130. The number of aromatic nitrogens is 1. The molecule has 1 saturated heterocycles. The summed E-state index contributed by atoms with van der Waals surface area (Å²) >= 11 is 0. The summed E-state index contributed by atoms with van der Waals surface area (Å²) in [7, 11) is 0. The van der Waals surface area contributed by atoms with Gasteiger partial charge >= 0.3 is 0 Å². The van der Waals surface area contributed by atoms with Crippen LogP contribution in [0.25, 0.3) is 0 Å². The summed E-state index contributed by atoms with van der Waals surface area (Å²) in [5.41, 5.74) is 7.69. The number of pyridine rings is 1. The Labute approximate surface area is 140 Å². The quantitative estimate of drug-likeness (QED) is 0.520. The van der Waals surface area contributed by atoms with E-state index in [0.717, 1.165) is 42.9 Å². The van der Waals surface area contributed by atoms with Gasteiger partial charge in [0.25, 0.3) is 0 Å². The van der Waals surface area contributed by atoms with Gasteiger partial charge in [-0.15, -0.1) is 0 Å². The molecule has 5 nitrogen and oxygen atoms in total. The molecule has 2 heterocycles. The highest BCUT2D eigenvalue weighted by Crippen LogP contribution is 2.21. The summed E-state index contributed by atoms with van der Waals surface area (Å²) in [6.45, 7) is 2.20. The second-order valence-corrected chi connectivity index (χ2v) is 5.80. The van der Waals surface area contributed by atoms with Crippen molar-refractivity contribution in [1.82, 2.24) is 4.98 Å². The monoisotopic (exact) mass is 328 g/mol. The summed E-state index contributed by atoms with van der Waals surface area (Å²) in [6, 6.07) is 9.83. The van der Waals surface area contributed by atoms with Crippen molar-refractivity contribution in [1.29, 1.82) is 0 Å². The normalized spacial score (nSPS) is 15.4. The van der Waals surface area contributed by atoms with E-state index >= 15 is 0 Å². The molecule has 3 rings (SSSR count). The molecule has 1 aromatic heterocycles. The van der Waals surface area contributed by atoms with E-state index in [1.807, 2.05) is 12.1 Å². The molecule has 0 spiro atoms. The van der Waals surface area contributed by atoms with Gasteiger partial charge in [0.15, 0.2) is 5.84 Å². The van der Waals surface area contributed by atoms with Crippen LogP contribution in [0.1, 0.15) is 30.4 Å². The molecule has 0 saturated carbocycles. The van der Waals surface area contributed by atoms with Crippen molar-refractivity contribution in [2.24, 2.45) is 10.9 Å². The first-order valence-electron chi connectivity index (χ1n) is 8.14. The molecule has 126 valence electrons. The van der Waals surface area contributed by atoms with Crippen molar-refractivity contribution < 1.29 is 9.23 Å². The van der Waals surface area contributed by atoms with E-state index in [1.54, 1.807) is 18.3 Å². The van der Waals surface area contributed by atoms with Gasteiger partial charge in [-0.1, -0.05) is 17.3 Å².